The zero-order chi connectivity index (χ0) is 14.3. The summed E-state index contributed by atoms with van der Waals surface area (Å²) in [5.74, 6) is -1.02. The highest BCUT2D eigenvalue weighted by Gasteiger charge is 2.32. The Bertz CT molecular complexity index is 720. The van der Waals surface area contributed by atoms with Gasteiger partial charge in [-0.1, -0.05) is 25.3 Å². The molecule has 20 heavy (non-hydrogen) atoms. The summed E-state index contributed by atoms with van der Waals surface area (Å²) in [4.78, 5) is 26.3. The lowest BCUT2D eigenvalue weighted by Crippen LogP contribution is -2.38. The standard InChI is InChI=1S/C15H18N2O3/c1-15(8-3-2-4-9-15)17-11-7-5-6-10(13(18)19)12(11)16-14(17)20/h5-7H,2-4,8-9H2,1H3,(H,16,20)(H,18,19). The van der Waals surface area contributed by atoms with E-state index in [0.29, 0.717) is 11.0 Å². The third-order valence-corrected chi connectivity index (χ3v) is 4.42. The lowest BCUT2D eigenvalue weighted by atomic mass is 9.83. The minimum absolute atomic E-state index is 0.151. The molecule has 2 aromatic rings. The van der Waals surface area contributed by atoms with Crippen LogP contribution in [-0.4, -0.2) is 20.6 Å². The molecule has 0 atom stereocenters. The van der Waals surface area contributed by atoms with Crippen LogP contribution in [0.5, 0.6) is 0 Å². The number of rotatable bonds is 2. The fourth-order valence-electron chi connectivity index (χ4n) is 3.38. The van der Waals surface area contributed by atoms with E-state index >= 15 is 0 Å². The highest BCUT2D eigenvalue weighted by molar-refractivity contribution is 6.00. The van der Waals surface area contributed by atoms with Gasteiger partial charge in [0.1, 0.15) is 0 Å². The van der Waals surface area contributed by atoms with E-state index in [1.54, 1.807) is 10.6 Å². The number of imidazole rings is 1. The van der Waals surface area contributed by atoms with Gasteiger partial charge >= 0.3 is 11.7 Å². The van der Waals surface area contributed by atoms with E-state index < -0.39 is 5.97 Å². The fourth-order valence-corrected chi connectivity index (χ4v) is 3.38. The summed E-state index contributed by atoms with van der Waals surface area (Å²) < 4.78 is 1.76. The monoisotopic (exact) mass is 274 g/mol. The minimum Gasteiger partial charge on any atom is -0.478 e. The number of fused-ring (bicyclic) bond motifs is 1. The molecule has 1 heterocycles. The topological polar surface area (TPSA) is 75.1 Å². The normalized spacial score (nSPS) is 18.2. The summed E-state index contributed by atoms with van der Waals surface area (Å²) in [6.07, 6.45) is 5.32. The predicted molar refractivity (Wildman–Crippen MR) is 76.3 cm³/mol. The number of aromatic amines is 1. The zero-order valence-corrected chi connectivity index (χ0v) is 11.5. The molecule has 0 aliphatic heterocycles. The van der Waals surface area contributed by atoms with E-state index in [4.69, 9.17) is 0 Å². The molecule has 5 nitrogen and oxygen atoms in total. The maximum absolute atomic E-state index is 12.3. The minimum atomic E-state index is -1.02. The molecule has 0 unspecified atom stereocenters. The Morgan fingerprint density at radius 3 is 2.65 bits per heavy atom. The van der Waals surface area contributed by atoms with Gasteiger partial charge in [0.2, 0.25) is 0 Å². The molecule has 1 aliphatic carbocycles. The van der Waals surface area contributed by atoms with Crippen molar-refractivity contribution in [2.45, 2.75) is 44.6 Å². The number of benzene rings is 1. The second-order valence-electron chi connectivity index (χ2n) is 5.83. The highest BCUT2D eigenvalue weighted by atomic mass is 16.4. The first-order valence-electron chi connectivity index (χ1n) is 7.00. The van der Waals surface area contributed by atoms with Crippen molar-refractivity contribution < 1.29 is 9.90 Å². The Hall–Kier alpha value is -2.04. The summed E-state index contributed by atoms with van der Waals surface area (Å²) >= 11 is 0. The Morgan fingerprint density at radius 1 is 1.30 bits per heavy atom. The number of hydrogen-bond donors (Lipinski definition) is 2. The quantitative estimate of drug-likeness (QED) is 0.884. The van der Waals surface area contributed by atoms with Crippen molar-refractivity contribution in [3.8, 4) is 0 Å². The van der Waals surface area contributed by atoms with Gasteiger partial charge in [0.25, 0.3) is 0 Å². The second kappa shape index (κ2) is 4.51. The number of carboxylic acids is 1. The SMILES string of the molecule is CC1(n2c(=O)[nH]c3c(C(=O)O)cccc32)CCCCC1. The Balaban J connectivity index is 2.26. The number of para-hydroxylation sites is 1. The predicted octanol–water partition coefficient (Wildman–Crippen LogP) is 2.71. The van der Waals surface area contributed by atoms with E-state index in [-0.39, 0.29) is 16.8 Å². The van der Waals surface area contributed by atoms with E-state index in [1.807, 2.05) is 6.07 Å². The number of hydrogen-bond acceptors (Lipinski definition) is 2. The molecule has 0 bridgehead atoms. The molecule has 106 valence electrons. The molecule has 1 fully saturated rings. The zero-order valence-electron chi connectivity index (χ0n) is 11.5. The number of nitrogens with zero attached hydrogens (tertiary/aromatic N) is 1. The van der Waals surface area contributed by atoms with Gasteiger partial charge in [0.05, 0.1) is 16.6 Å². The largest absolute Gasteiger partial charge is 0.478 e. The van der Waals surface area contributed by atoms with Crippen molar-refractivity contribution in [3.05, 3.63) is 34.2 Å². The first-order valence-corrected chi connectivity index (χ1v) is 7.00. The second-order valence-corrected chi connectivity index (χ2v) is 5.83. The lowest BCUT2D eigenvalue weighted by Gasteiger charge is -2.34. The van der Waals surface area contributed by atoms with Crippen LogP contribution in [0.2, 0.25) is 0 Å². The van der Waals surface area contributed by atoms with Gasteiger partial charge in [-0.25, -0.2) is 9.59 Å². The molecule has 2 N–H and O–H groups in total. The van der Waals surface area contributed by atoms with Crippen LogP contribution in [-0.2, 0) is 5.54 Å². The Kier molecular flexibility index (Phi) is 2.92. The summed E-state index contributed by atoms with van der Waals surface area (Å²) in [6.45, 7) is 2.09. The maximum atomic E-state index is 12.3. The average molecular weight is 274 g/mol. The third kappa shape index (κ3) is 1.85. The van der Waals surface area contributed by atoms with Crippen LogP contribution in [0.3, 0.4) is 0 Å². The number of carbonyl (C=O) groups is 1. The molecular formula is C15H18N2O3. The van der Waals surface area contributed by atoms with Gasteiger partial charge in [0.15, 0.2) is 0 Å². The highest BCUT2D eigenvalue weighted by Crippen LogP contribution is 2.35. The number of aromatic carboxylic acids is 1. The third-order valence-electron chi connectivity index (χ3n) is 4.42. The Labute approximate surface area is 116 Å². The van der Waals surface area contributed by atoms with E-state index in [0.717, 1.165) is 25.7 Å². The molecule has 1 aliphatic rings. The Morgan fingerprint density at radius 2 is 2.00 bits per heavy atom. The number of aromatic nitrogens is 2. The van der Waals surface area contributed by atoms with Crippen LogP contribution in [0.15, 0.2) is 23.0 Å². The summed E-state index contributed by atoms with van der Waals surface area (Å²) in [5, 5.41) is 9.23. The van der Waals surface area contributed by atoms with Crippen molar-refractivity contribution in [1.82, 2.24) is 9.55 Å². The maximum Gasteiger partial charge on any atom is 0.337 e. The smallest absolute Gasteiger partial charge is 0.337 e. The molecule has 1 aromatic carbocycles. The van der Waals surface area contributed by atoms with Gasteiger partial charge < -0.3 is 10.1 Å². The molecule has 3 rings (SSSR count). The van der Waals surface area contributed by atoms with Gasteiger partial charge in [-0.3, -0.25) is 4.57 Å². The van der Waals surface area contributed by atoms with Crippen LogP contribution in [0.25, 0.3) is 11.0 Å². The van der Waals surface area contributed by atoms with E-state index in [9.17, 15) is 14.7 Å². The van der Waals surface area contributed by atoms with Crippen molar-refractivity contribution in [2.24, 2.45) is 0 Å². The molecule has 1 aromatic heterocycles. The van der Waals surface area contributed by atoms with Crippen LogP contribution < -0.4 is 5.69 Å². The van der Waals surface area contributed by atoms with E-state index in [2.05, 4.69) is 11.9 Å². The first-order chi connectivity index (χ1) is 9.53. The van der Waals surface area contributed by atoms with Gasteiger partial charge in [0, 0.05) is 5.54 Å². The molecule has 1 saturated carbocycles. The van der Waals surface area contributed by atoms with Crippen LogP contribution in [0.4, 0.5) is 0 Å². The van der Waals surface area contributed by atoms with Gasteiger partial charge in [-0.15, -0.1) is 0 Å². The van der Waals surface area contributed by atoms with Crippen LogP contribution in [0, 0.1) is 0 Å². The van der Waals surface area contributed by atoms with Gasteiger partial charge in [-0.05, 0) is 31.9 Å². The van der Waals surface area contributed by atoms with Crippen molar-refractivity contribution >= 4 is 17.0 Å². The molecular weight excluding hydrogens is 256 g/mol. The fraction of sp³-hybridized carbons (Fsp3) is 0.467. The first kappa shape index (κ1) is 13.0. The lowest BCUT2D eigenvalue weighted by molar-refractivity contribution is 0.0699. The molecule has 0 spiro atoms. The number of nitrogens with one attached hydrogen (secondary N) is 1. The molecule has 0 saturated heterocycles. The van der Waals surface area contributed by atoms with Crippen LogP contribution in [0.1, 0.15) is 49.4 Å². The number of carboxylic acid groups (broad SMARTS) is 1. The summed E-state index contributed by atoms with van der Waals surface area (Å²) in [5.41, 5.74) is 0.844. The molecule has 5 heteroatoms. The van der Waals surface area contributed by atoms with Crippen LogP contribution >= 0.6 is 0 Å². The summed E-state index contributed by atoms with van der Waals surface area (Å²) in [6, 6.07) is 5.04. The van der Waals surface area contributed by atoms with E-state index in [1.165, 1.54) is 12.5 Å². The number of H-pyrrole nitrogens is 1. The molecule has 0 radical (unpaired) electrons. The van der Waals surface area contributed by atoms with Crippen molar-refractivity contribution in [1.29, 1.82) is 0 Å². The molecule has 0 amide bonds. The van der Waals surface area contributed by atoms with Crippen molar-refractivity contribution in [2.75, 3.05) is 0 Å². The summed E-state index contributed by atoms with van der Waals surface area (Å²) in [7, 11) is 0. The van der Waals surface area contributed by atoms with Crippen molar-refractivity contribution in [3.63, 3.8) is 0 Å². The van der Waals surface area contributed by atoms with Gasteiger partial charge in [-0.2, -0.15) is 0 Å². The average Bonchev–Trinajstić information content (AvgIpc) is 2.75.